The summed E-state index contributed by atoms with van der Waals surface area (Å²) in [6, 6.07) is 12.6. The second-order valence-electron chi connectivity index (χ2n) is 7.25. The highest BCUT2D eigenvalue weighted by atomic mass is 32.2. The van der Waals surface area contributed by atoms with Crippen molar-refractivity contribution < 1.29 is 9.18 Å². The van der Waals surface area contributed by atoms with E-state index in [2.05, 4.69) is 5.32 Å². The Morgan fingerprint density at radius 1 is 1.19 bits per heavy atom. The molecule has 5 nitrogen and oxygen atoms in total. The van der Waals surface area contributed by atoms with Gasteiger partial charge in [0.15, 0.2) is 5.16 Å². The first-order valence-corrected chi connectivity index (χ1v) is 11.4. The summed E-state index contributed by atoms with van der Waals surface area (Å²) >= 11 is 2.54. The van der Waals surface area contributed by atoms with Gasteiger partial charge in [0.25, 0.3) is 5.56 Å². The Morgan fingerprint density at radius 2 is 1.94 bits per heavy atom. The monoisotopic (exact) mass is 453 g/mol. The number of rotatable bonds is 5. The number of nitrogens with one attached hydrogen (secondary N) is 1. The van der Waals surface area contributed by atoms with Crippen molar-refractivity contribution in [3.05, 3.63) is 75.1 Å². The van der Waals surface area contributed by atoms with Crippen molar-refractivity contribution in [2.75, 3.05) is 11.1 Å². The smallest absolute Gasteiger partial charge is 0.271 e. The zero-order valence-electron chi connectivity index (χ0n) is 17.2. The fourth-order valence-corrected chi connectivity index (χ4v) is 4.84. The van der Waals surface area contributed by atoms with Gasteiger partial charge in [-0.25, -0.2) is 9.37 Å². The normalized spacial score (nSPS) is 11.1. The van der Waals surface area contributed by atoms with E-state index in [1.807, 2.05) is 36.6 Å². The largest absolute Gasteiger partial charge is 0.325 e. The molecule has 0 radical (unpaired) electrons. The van der Waals surface area contributed by atoms with Crippen LogP contribution < -0.4 is 10.9 Å². The Bertz CT molecular complexity index is 1340. The number of thiophene rings is 1. The van der Waals surface area contributed by atoms with Crippen molar-refractivity contribution in [3.8, 4) is 11.1 Å². The number of thioether (sulfide) groups is 1. The summed E-state index contributed by atoms with van der Waals surface area (Å²) < 4.78 is 15.7. The van der Waals surface area contributed by atoms with Crippen LogP contribution in [0.2, 0.25) is 0 Å². The van der Waals surface area contributed by atoms with Gasteiger partial charge in [0.2, 0.25) is 5.91 Å². The molecule has 4 aromatic rings. The molecule has 0 saturated carbocycles. The van der Waals surface area contributed by atoms with Crippen LogP contribution >= 0.6 is 23.1 Å². The minimum atomic E-state index is -0.374. The van der Waals surface area contributed by atoms with Crippen LogP contribution in [-0.4, -0.2) is 21.2 Å². The van der Waals surface area contributed by atoms with Gasteiger partial charge < -0.3 is 5.32 Å². The van der Waals surface area contributed by atoms with Gasteiger partial charge in [0.05, 0.1) is 11.3 Å². The first-order chi connectivity index (χ1) is 14.8. The maximum Gasteiger partial charge on any atom is 0.271 e. The van der Waals surface area contributed by atoms with Gasteiger partial charge in [-0.05, 0) is 37.1 Å². The molecule has 0 spiro atoms. The predicted molar refractivity (Wildman–Crippen MR) is 126 cm³/mol. The molecular weight excluding hydrogens is 433 g/mol. The Hall–Kier alpha value is -2.97. The first kappa shape index (κ1) is 21.3. The lowest BCUT2D eigenvalue weighted by atomic mass is 10.1. The number of amides is 1. The number of anilines is 1. The van der Waals surface area contributed by atoms with E-state index in [9.17, 15) is 14.0 Å². The molecule has 158 valence electrons. The molecule has 0 bridgehead atoms. The molecular formula is C23H20FN3O2S2. The number of halogens is 1. The summed E-state index contributed by atoms with van der Waals surface area (Å²) in [6.45, 7) is 3.68. The lowest BCUT2D eigenvalue weighted by molar-refractivity contribution is -0.113. The molecule has 31 heavy (non-hydrogen) atoms. The van der Waals surface area contributed by atoms with Crippen LogP contribution in [0.3, 0.4) is 0 Å². The van der Waals surface area contributed by atoms with Crippen LogP contribution in [0.15, 0.2) is 57.8 Å². The maximum atomic E-state index is 13.7. The highest BCUT2D eigenvalue weighted by Gasteiger charge is 2.16. The Kier molecular flexibility index (Phi) is 5.93. The van der Waals surface area contributed by atoms with E-state index in [0.717, 1.165) is 16.7 Å². The summed E-state index contributed by atoms with van der Waals surface area (Å²) in [5, 5.41) is 5.07. The number of aromatic nitrogens is 2. The van der Waals surface area contributed by atoms with E-state index >= 15 is 0 Å². The number of hydrogen-bond donors (Lipinski definition) is 1. The van der Waals surface area contributed by atoms with E-state index < -0.39 is 0 Å². The third-order valence-corrected chi connectivity index (χ3v) is 6.90. The molecule has 4 rings (SSSR count). The van der Waals surface area contributed by atoms with Gasteiger partial charge in [0.1, 0.15) is 10.5 Å². The second kappa shape index (κ2) is 8.64. The van der Waals surface area contributed by atoms with Crippen LogP contribution in [-0.2, 0) is 11.8 Å². The van der Waals surface area contributed by atoms with Crippen LogP contribution in [0.4, 0.5) is 10.1 Å². The van der Waals surface area contributed by atoms with E-state index in [0.29, 0.717) is 26.6 Å². The lowest BCUT2D eigenvalue weighted by Crippen LogP contribution is -2.20. The average molecular weight is 454 g/mol. The van der Waals surface area contributed by atoms with Gasteiger partial charge in [0, 0.05) is 23.7 Å². The van der Waals surface area contributed by atoms with E-state index in [4.69, 9.17) is 4.98 Å². The van der Waals surface area contributed by atoms with Crippen molar-refractivity contribution in [1.82, 2.24) is 9.55 Å². The van der Waals surface area contributed by atoms with Gasteiger partial charge in [-0.1, -0.05) is 47.7 Å². The lowest BCUT2D eigenvalue weighted by Gasteiger charge is -2.09. The molecule has 1 N–H and O–H groups in total. The molecule has 2 aromatic carbocycles. The highest BCUT2D eigenvalue weighted by Crippen LogP contribution is 2.32. The first-order valence-electron chi connectivity index (χ1n) is 9.57. The predicted octanol–water partition coefficient (Wildman–Crippen LogP) is 5.15. The average Bonchev–Trinajstić information content (AvgIpc) is 3.17. The maximum absolute atomic E-state index is 13.7. The van der Waals surface area contributed by atoms with Gasteiger partial charge in [-0.2, -0.15) is 0 Å². The summed E-state index contributed by atoms with van der Waals surface area (Å²) in [5.74, 6) is -0.626. The van der Waals surface area contributed by atoms with E-state index in [1.54, 1.807) is 26.1 Å². The fourth-order valence-electron chi connectivity index (χ4n) is 3.09. The van der Waals surface area contributed by atoms with Crippen LogP contribution in [0.1, 0.15) is 11.1 Å². The Morgan fingerprint density at radius 3 is 2.65 bits per heavy atom. The molecule has 0 saturated heterocycles. The van der Waals surface area contributed by atoms with Crippen molar-refractivity contribution in [2.24, 2.45) is 7.05 Å². The number of hydrogen-bond acceptors (Lipinski definition) is 5. The van der Waals surface area contributed by atoms with Crippen LogP contribution in [0.5, 0.6) is 0 Å². The molecule has 0 aliphatic rings. The summed E-state index contributed by atoms with van der Waals surface area (Å²) in [5.41, 5.74) is 4.46. The van der Waals surface area contributed by atoms with Crippen molar-refractivity contribution in [3.63, 3.8) is 0 Å². The molecule has 0 fully saturated rings. The van der Waals surface area contributed by atoms with Crippen molar-refractivity contribution in [1.29, 1.82) is 0 Å². The summed E-state index contributed by atoms with van der Waals surface area (Å²) in [6.07, 6.45) is 0. The Balaban J connectivity index is 1.58. The SMILES string of the molecule is Cc1ccc(-c2csc3c(=O)n(C)c(SCC(=O)Nc4ccc(C)c(F)c4)nc23)cc1. The van der Waals surface area contributed by atoms with E-state index in [-0.39, 0.29) is 23.0 Å². The zero-order chi connectivity index (χ0) is 22.1. The Labute approximate surface area is 187 Å². The number of carbonyl (C=O) groups is 1. The highest BCUT2D eigenvalue weighted by molar-refractivity contribution is 7.99. The number of fused-ring (bicyclic) bond motifs is 1. The zero-order valence-corrected chi connectivity index (χ0v) is 18.9. The molecule has 1 amide bonds. The number of carbonyl (C=O) groups excluding carboxylic acids is 1. The fraction of sp³-hybridized carbons (Fsp3) is 0.174. The molecule has 8 heteroatoms. The number of aryl methyl sites for hydroxylation is 2. The van der Waals surface area contributed by atoms with Crippen molar-refractivity contribution >= 4 is 44.9 Å². The summed E-state index contributed by atoms with van der Waals surface area (Å²) in [4.78, 5) is 29.9. The molecule has 0 aliphatic heterocycles. The number of benzene rings is 2. The minimum absolute atomic E-state index is 0.0469. The quantitative estimate of drug-likeness (QED) is 0.335. The topological polar surface area (TPSA) is 64.0 Å². The van der Waals surface area contributed by atoms with Gasteiger partial charge in [-0.15, -0.1) is 11.3 Å². The third-order valence-electron chi connectivity index (χ3n) is 4.91. The molecule has 0 aliphatic carbocycles. The van der Waals surface area contributed by atoms with Crippen LogP contribution in [0, 0.1) is 19.7 Å². The summed E-state index contributed by atoms with van der Waals surface area (Å²) in [7, 11) is 1.65. The minimum Gasteiger partial charge on any atom is -0.325 e. The molecule has 2 heterocycles. The molecule has 0 atom stereocenters. The third kappa shape index (κ3) is 4.40. The van der Waals surface area contributed by atoms with Gasteiger partial charge in [-0.3, -0.25) is 14.2 Å². The molecule has 2 aromatic heterocycles. The number of nitrogens with zero attached hydrogens (tertiary/aromatic N) is 2. The standard InChI is InChI=1S/C23H20FN3O2S2/c1-13-4-7-15(8-5-13)17-11-30-21-20(17)26-23(27(3)22(21)29)31-12-19(28)25-16-9-6-14(2)18(24)10-16/h4-11H,12H2,1-3H3,(H,25,28). The van der Waals surface area contributed by atoms with Gasteiger partial charge >= 0.3 is 0 Å². The molecule has 0 unspecified atom stereocenters. The second-order valence-corrected chi connectivity index (χ2v) is 9.07. The van der Waals surface area contributed by atoms with Crippen LogP contribution in [0.25, 0.3) is 21.3 Å². The van der Waals surface area contributed by atoms with E-state index in [1.165, 1.54) is 33.7 Å². The van der Waals surface area contributed by atoms with Crippen molar-refractivity contribution in [2.45, 2.75) is 19.0 Å².